The zero-order valence-electron chi connectivity index (χ0n) is 14.1. The van der Waals surface area contributed by atoms with Gasteiger partial charge in [-0.3, -0.25) is 0 Å². The minimum Gasteiger partial charge on any atom is -0.312 e. The molecule has 0 amide bonds. The third-order valence-corrected chi connectivity index (χ3v) is 5.63. The highest BCUT2D eigenvalue weighted by molar-refractivity contribution is 7.12. The average molecular weight is 310 g/mol. The smallest absolute Gasteiger partial charge is 0.0299 e. The van der Waals surface area contributed by atoms with Crippen molar-refractivity contribution in [3.63, 3.8) is 0 Å². The van der Waals surface area contributed by atoms with Gasteiger partial charge in [0.15, 0.2) is 0 Å². The van der Waals surface area contributed by atoms with Gasteiger partial charge < -0.3 is 15.1 Å². The maximum absolute atomic E-state index is 3.59. The number of piperazine rings is 1. The van der Waals surface area contributed by atoms with E-state index < -0.39 is 0 Å². The zero-order chi connectivity index (χ0) is 15.3. The molecule has 21 heavy (non-hydrogen) atoms. The van der Waals surface area contributed by atoms with Crippen molar-refractivity contribution >= 4 is 11.3 Å². The van der Waals surface area contributed by atoms with E-state index in [0.29, 0.717) is 0 Å². The van der Waals surface area contributed by atoms with Gasteiger partial charge in [0.1, 0.15) is 0 Å². The summed E-state index contributed by atoms with van der Waals surface area (Å²) >= 11 is 1.95. The van der Waals surface area contributed by atoms with Crippen molar-refractivity contribution in [2.45, 2.75) is 39.2 Å². The molecule has 0 radical (unpaired) electrons. The van der Waals surface area contributed by atoms with E-state index in [9.17, 15) is 0 Å². The molecule has 0 saturated carbocycles. The van der Waals surface area contributed by atoms with Gasteiger partial charge in [-0.2, -0.15) is 0 Å². The second-order valence-corrected chi connectivity index (χ2v) is 8.36. The Bertz CT molecular complexity index is 414. The molecule has 0 aliphatic carbocycles. The molecule has 1 saturated heterocycles. The lowest BCUT2D eigenvalue weighted by Crippen LogP contribution is -2.45. The summed E-state index contributed by atoms with van der Waals surface area (Å²) in [5.41, 5.74) is 0.282. The SMILES string of the molecule is CN1CCN(CCCNCc2ccc(C(C)(C)C)s2)CC1. The van der Waals surface area contributed by atoms with Crippen LogP contribution in [-0.4, -0.2) is 56.1 Å². The van der Waals surface area contributed by atoms with Crippen LogP contribution < -0.4 is 5.32 Å². The Morgan fingerprint density at radius 3 is 2.48 bits per heavy atom. The van der Waals surface area contributed by atoms with Gasteiger partial charge in [0.25, 0.3) is 0 Å². The number of nitrogens with one attached hydrogen (secondary N) is 1. The third kappa shape index (κ3) is 5.70. The Morgan fingerprint density at radius 1 is 1.14 bits per heavy atom. The molecule has 0 unspecified atom stereocenters. The molecule has 1 fully saturated rings. The summed E-state index contributed by atoms with van der Waals surface area (Å²) < 4.78 is 0. The second kappa shape index (κ2) is 7.73. The fraction of sp³-hybridized carbons (Fsp3) is 0.765. The van der Waals surface area contributed by atoms with Crippen LogP contribution >= 0.6 is 11.3 Å². The van der Waals surface area contributed by atoms with Crippen LogP contribution in [0, 0.1) is 0 Å². The zero-order valence-corrected chi connectivity index (χ0v) is 14.9. The molecule has 0 aromatic carbocycles. The van der Waals surface area contributed by atoms with Crippen molar-refractivity contribution in [3.8, 4) is 0 Å². The molecule has 1 aliphatic rings. The lowest BCUT2D eigenvalue weighted by Gasteiger charge is -2.32. The summed E-state index contributed by atoms with van der Waals surface area (Å²) in [5, 5.41) is 3.59. The topological polar surface area (TPSA) is 18.5 Å². The van der Waals surface area contributed by atoms with Crippen molar-refractivity contribution in [1.82, 2.24) is 15.1 Å². The molecular weight excluding hydrogens is 278 g/mol. The summed E-state index contributed by atoms with van der Waals surface area (Å²) in [6.45, 7) is 15.1. The van der Waals surface area contributed by atoms with Crippen molar-refractivity contribution in [2.75, 3.05) is 46.3 Å². The quantitative estimate of drug-likeness (QED) is 0.815. The van der Waals surface area contributed by atoms with Gasteiger partial charge in [-0.05, 0) is 44.1 Å². The van der Waals surface area contributed by atoms with Crippen LogP contribution in [0.5, 0.6) is 0 Å². The molecule has 120 valence electrons. The Kier molecular flexibility index (Phi) is 6.23. The van der Waals surface area contributed by atoms with Crippen LogP contribution in [-0.2, 0) is 12.0 Å². The van der Waals surface area contributed by atoms with Gasteiger partial charge in [0.2, 0.25) is 0 Å². The molecule has 4 heteroatoms. The summed E-state index contributed by atoms with van der Waals surface area (Å²) in [4.78, 5) is 7.94. The number of hydrogen-bond acceptors (Lipinski definition) is 4. The average Bonchev–Trinajstić information content (AvgIpc) is 2.89. The van der Waals surface area contributed by atoms with Gasteiger partial charge in [0, 0.05) is 42.5 Å². The first-order chi connectivity index (χ1) is 9.95. The molecule has 1 aromatic heterocycles. The molecular formula is C17H31N3S. The molecule has 3 nitrogen and oxygen atoms in total. The molecule has 0 atom stereocenters. The largest absolute Gasteiger partial charge is 0.312 e. The predicted octanol–water partition coefficient (Wildman–Crippen LogP) is 2.77. The predicted molar refractivity (Wildman–Crippen MR) is 93.3 cm³/mol. The number of nitrogens with zero attached hydrogens (tertiary/aromatic N) is 2. The monoisotopic (exact) mass is 309 g/mol. The highest BCUT2D eigenvalue weighted by Gasteiger charge is 2.16. The second-order valence-electron chi connectivity index (χ2n) is 7.19. The summed E-state index contributed by atoms with van der Waals surface area (Å²) in [6, 6.07) is 4.56. The summed E-state index contributed by atoms with van der Waals surface area (Å²) in [7, 11) is 2.21. The van der Waals surface area contributed by atoms with Crippen molar-refractivity contribution < 1.29 is 0 Å². The fourth-order valence-electron chi connectivity index (χ4n) is 2.59. The molecule has 1 aliphatic heterocycles. The van der Waals surface area contributed by atoms with E-state index in [1.54, 1.807) is 0 Å². The third-order valence-electron chi connectivity index (χ3n) is 4.12. The van der Waals surface area contributed by atoms with Crippen LogP contribution in [0.4, 0.5) is 0 Å². The molecule has 1 aromatic rings. The van der Waals surface area contributed by atoms with Crippen molar-refractivity contribution in [2.24, 2.45) is 0 Å². The van der Waals surface area contributed by atoms with E-state index in [2.05, 4.69) is 55.1 Å². The fourth-order valence-corrected chi connectivity index (χ4v) is 3.62. The van der Waals surface area contributed by atoms with E-state index >= 15 is 0 Å². The normalized spacial score (nSPS) is 18.3. The maximum atomic E-state index is 3.59. The molecule has 0 spiro atoms. The number of thiophene rings is 1. The number of rotatable bonds is 6. The maximum Gasteiger partial charge on any atom is 0.0299 e. The van der Waals surface area contributed by atoms with Crippen LogP contribution in [0.1, 0.15) is 36.9 Å². The van der Waals surface area contributed by atoms with E-state index in [1.165, 1.54) is 48.9 Å². The van der Waals surface area contributed by atoms with Gasteiger partial charge in [-0.25, -0.2) is 0 Å². The highest BCUT2D eigenvalue weighted by Crippen LogP contribution is 2.29. The standard InChI is InChI=1S/C17H31N3S/c1-17(2,3)16-7-6-15(21-16)14-18-8-5-9-20-12-10-19(4)11-13-20/h6-7,18H,5,8-14H2,1-4H3. The molecule has 2 rings (SSSR count). The first-order valence-electron chi connectivity index (χ1n) is 8.16. The first kappa shape index (κ1) is 16.9. The van der Waals surface area contributed by atoms with Gasteiger partial charge >= 0.3 is 0 Å². The van der Waals surface area contributed by atoms with Crippen molar-refractivity contribution in [1.29, 1.82) is 0 Å². The molecule has 0 bridgehead atoms. The van der Waals surface area contributed by atoms with E-state index in [4.69, 9.17) is 0 Å². The Hall–Kier alpha value is -0.420. The summed E-state index contributed by atoms with van der Waals surface area (Å²) in [6.07, 6.45) is 1.25. The molecule has 2 heterocycles. The molecule has 1 N–H and O–H groups in total. The number of likely N-dealkylation sites (N-methyl/N-ethyl adjacent to an activating group) is 1. The van der Waals surface area contributed by atoms with Crippen LogP contribution in [0.15, 0.2) is 12.1 Å². The lowest BCUT2D eigenvalue weighted by molar-refractivity contribution is 0.153. The first-order valence-corrected chi connectivity index (χ1v) is 8.97. The Morgan fingerprint density at radius 2 is 1.86 bits per heavy atom. The van der Waals surface area contributed by atoms with Crippen molar-refractivity contribution in [3.05, 3.63) is 21.9 Å². The van der Waals surface area contributed by atoms with E-state index in [1.807, 2.05) is 11.3 Å². The van der Waals surface area contributed by atoms with E-state index in [0.717, 1.165) is 13.1 Å². The highest BCUT2D eigenvalue weighted by atomic mass is 32.1. The number of hydrogen-bond donors (Lipinski definition) is 1. The lowest BCUT2D eigenvalue weighted by atomic mass is 9.95. The van der Waals surface area contributed by atoms with E-state index in [-0.39, 0.29) is 5.41 Å². The van der Waals surface area contributed by atoms with Gasteiger partial charge in [-0.15, -0.1) is 11.3 Å². The Balaban J connectivity index is 1.58. The van der Waals surface area contributed by atoms with Crippen LogP contribution in [0.3, 0.4) is 0 Å². The van der Waals surface area contributed by atoms with Crippen LogP contribution in [0.25, 0.3) is 0 Å². The van der Waals surface area contributed by atoms with Gasteiger partial charge in [0.05, 0.1) is 0 Å². The minimum atomic E-state index is 0.282. The van der Waals surface area contributed by atoms with Crippen LogP contribution in [0.2, 0.25) is 0 Å². The minimum absolute atomic E-state index is 0.282. The Labute approximate surface area is 134 Å². The van der Waals surface area contributed by atoms with Gasteiger partial charge in [-0.1, -0.05) is 20.8 Å². The summed E-state index contributed by atoms with van der Waals surface area (Å²) in [5.74, 6) is 0.